The molecule has 3 aromatic rings. The summed E-state index contributed by atoms with van der Waals surface area (Å²) in [7, 11) is -8.11. The van der Waals surface area contributed by atoms with Crippen molar-refractivity contribution in [3.05, 3.63) is 77.4 Å². The summed E-state index contributed by atoms with van der Waals surface area (Å²) < 4.78 is 53.1. The van der Waals surface area contributed by atoms with E-state index in [-0.39, 0.29) is 32.1 Å². The molecule has 0 spiro atoms. The van der Waals surface area contributed by atoms with Crippen molar-refractivity contribution in [2.24, 2.45) is 0 Å². The highest BCUT2D eigenvalue weighted by molar-refractivity contribution is 7.92. The summed E-state index contributed by atoms with van der Waals surface area (Å²) in [4.78, 5) is -0.520. The first kappa shape index (κ1) is 24.0. The third kappa shape index (κ3) is 4.45. The molecular formula is C25H28O5S2. The van der Waals surface area contributed by atoms with Crippen molar-refractivity contribution in [2.75, 3.05) is 0 Å². The molecule has 0 aromatic heterocycles. The summed E-state index contributed by atoms with van der Waals surface area (Å²) in [6.07, 6.45) is 0. The van der Waals surface area contributed by atoms with Crippen LogP contribution in [0.15, 0.2) is 80.2 Å². The molecule has 170 valence electrons. The molecule has 0 unspecified atom stereocenters. The van der Waals surface area contributed by atoms with E-state index in [0.29, 0.717) is 0 Å². The number of aryl methyl sites for hydroxylation is 1. The van der Waals surface area contributed by atoms with Gasteiger partial charge in [-0.05, 0) is 71.8 Å². The summed E-state index contributed by atoms with van der Waals surface area (Å²) in [5.74, 6) is 0.00361. The Hall–Kier alpha value is -2.64. The molecule has 1 N–H and O–H groups in total. The number of hydrogen-bond donors (Lipinski definition) is 1. The summed E-state index contributed by atoms with van der Waals surface area (Å²) >= 11 is 0. The van der Waals surface area contributed by atoms with Crippen LogP contribution < -0.4 is 0 Å². The largest absolute Gasteiger partial charge is 0.507 e. The van der Waals surface area contributed by atoms with Crippen molar-refractivity contribution in [3.63, 3.8) is 0 Å². The van der Waals surface area contributed by atoms with Gasteiger partial charge in [-0.15, -0.1) is 0 Å². The van der Waals surface area contributed by atoms with Crippen LogP contribution in [-0.4, -0.2) is 21.9 Å². The molecule has 5 nitrogen and oxygen atoms in total. The van der Waals surface area contributed by atoms with Gasteiger partial charge in [-0.1, -0.05) is 52.0 Å². The Bertz CT molecular complexity index is 1230. The molecule has 0 saturated heterocycles. The van der Waals surface area contributed by atoms with Gasteiger partial charge in [0.1, 0.15) is 10.6 Å². The van der Waals surface area contributed by atoms with Crippen molar-refractivity contribution in [1.82, 2.24) is 0 Å². The van der Waals surface area contributed by atoms with Crippen LogP contribution in [0.25, 0.3) is 0 Å². The molecule has 3 aromatic carbocycles. The third-order valence-corrected chi connectivity index (χ3v) is 9.26. The minimum Gasteiger partial charge on any atom is -0.507 e. The molecule has 0 aliphatic rings. The number of aromatic hydroxyl groups is 1. The Labute approximate surface area is 190 Å². The van der Waals surface area contributed by atoms with Crippen LogP contribution in [0.5, 0.6) is 5.75 Å². The summed E-state index contributed by atoms with van der Waals surface area (Å²) in [6.45, 7) is 9.56. The van der Waals surface area contributed by atoms with Gasteiger partial charge in [-0.2, -0.15) is 0 Å². The average Bonchev–Trinajstić information content (AvgIpc) is 2.73. The molecule has 0 amide bonds. The van der Waals surface area contributed by atoms with Gasteiger partial charge in [0.25, 0.3) is 0 Å². The van der Waals surface area contributed by atoms with Gasteiger partial charge in [0.15, 0.2) is 0 Å². The molecule has 0 heterocycles. The van der Waals surface area contributed by atoms with Gasteiger partial charge in [-0.3, -0.25) is 0 Å². The van der Waals surface area contributed by atoms with Crippen LogP contribution in [0.3, 0.4) is 0 Å². The molecule has 0 aliphatic carbocycles. The number of rotatable bonds is 6. The maximum absolute atomic E-state index is 13.3. The van der Waals surface area contributed by atoms with E-state index in [1.54, 1.807) is 24.3 Å². The zero-order chi connectivity index (χ0) is 23.8. The topological polar surface area (TPSA) is 88.5 Å². The van der Waals surface area contributed by atoms with E-state index < -0.39 is 30.3 Å². The Morgan fingerprint density at radius 2 is 1.00 bits per heavy atom. The van der Waals surface area contributed by atoms with Crippen molar-refractivity contribution in [1.29, 1.82) is 0 Å². The van der Waals surface area contributed by atoms with Gasteiger partial charge < -0.3 is 5.11 Å². The molecule has 7 heteroatoms. The highest BCUT2D eigenvalue weighted by Crippen LogP contribution is 2.35. The minimum absolute atomic E-state index is 0.00862. The second-order valence-corrected chi connectivity index (χ2v) is 12.4. The van der Waals surface area contributed by atoms with Gasteiger partial charge in [0, 0.05) is 0 Å². The number of benzene rings is 3. The lowest BCUT2D eigenvalue weighted by Gasteiger charge is -2.14. The second-order valence-electron chi connectivity index (χ2n) is 8.54. The second kappa shape index (κ2) is 8.71. The molecule has 0 bridgehead atoms. The monoisotopic (exact) mass is 472 g/mol. The number of hydrogen-bond acceptors (Lipinski definition) is 5. The smallest absolute Gasteiger partial charge is 0.210 e. The molecule has 0 atom stereocenters. The van der Waals surface area contributed by atoms with E-state index in [9.17, 15) is 21.9 Å². The maximum Gasteiger partial charge on any atom is 0.210 e. The van der Waals surface area contributed by atoms with Crippen molar-refractivity contribution in [2.45, 2.75) is 66.0 Å². The summed E-state index contributed by atoms with van der Waals surface area (Å²) in [6, 6.07) is 15.2. The first-order chi connectivity index (χ1) is 14.9. The van der Waals surface area contributed by atoms with Crippen LogP contribution in [-0.2, 0) is 19.7 Å². The molecule has 32 heavy (non-hydrogen) atoms. The predicted octanol–water partition coefficient (Wildman–Crippen LogP) is 5.61. The number of phenols is 1. The quantitative estimate of drug-likeness (QED) is 0.503. The molecule has 0 fully saturated rings. The predicted molar refractivity (Wildman–Crippen MR) is 125 cm³/mol. The lowest BCUT2D eigenvalue weighted by atomic mass is 10.0. The fourth-order valence-electron chi connectivity index (χ4n) is 3.48. The van der Waals surface area contributed by atoms with Crippen LogP contribution >= 0.6 is 0 Å². The van der Waals surface area contributed by atoms with Crippen molar-refractivity contribution >= 4 is 19.7 Å². The normalized spacial score (nSPS) is 12.5. The Morgan fingerprint density at radius 1 is 0.625 bits per heavy atom. The number of sulfone groups is 2. The SMILES string of the molecule is Cc1cc(O)c(S(=O)(=O)c2ccc(C(C)C)cc2)cc1S(=O)(=O)c1ccc(C(C)C)cc1. The van der Waals surface area contributed by atoms with Gasteiger partial charge in [-0.25, -0.2) is 16.8 Å². The molecule has 0 aliphatic heterocycles. The third-order valence-electron chi connectivity index (χ3n) is 5.55. The highest BCUT2D eigenvalue weighted by atomic mass is 32.2. The molecule has 0 radical (unpaired) electrons. The molecular weight excluding hydrogens is 444 g/mol. The van der Waals surface area contributed by atoms with E-state index in [1.165, 1.54) is 37.3 Å². The van der Waals surface area contributed by atoms with E-state index in [0.717, 1.165) is 17.2 Å². The Morgan fingerprint density at radius 3 is 1.38 bits per heavy atom. The molecule has 0 saturated carbocycles. The molecule has 3 rings (SSSR count). The Balaban J connectivity index is 2.13. The van der Waals surface area contributed by atoms with E-state index in [1.807, 2.05) is 27.7 Å². The van der Waals surface area contributed by atoms with Gasteiger partial charge >= 0.3 is 0 Å². The van der Waals surface area contributed by atoms with Gasteiger partial charge in [0.05, 0.1) is 14.7 Å². The first-order valence-corrected chi connectivity index (χ1v) is 13.4. The van der Waals surface area contributed by atoms with Crippen LogP contribution in [0, 0.1) is 6.92 Å². The van der Waals surface area contributed by atoms with E-state index in [2.05, 4.69) is 0 Å². The minimum atomic E-state index is -4.13. The van der Waals surface area contributed by atoms with Crippen molar-refractivity contribution in [3.8, 4) is 5.75 Å². The average molecular weight is 473 g/mol. The summed E-state index contributed by atoms with van der Waals surface area (Å²) in [5, 5.41) is 10.4. The van der Waals surface area contributed by atoms with E-state index in [4.69, 9.17) is 0 Å². The fourth-order valence-corrected chi connectivity index (χ4v) is 6.41. The van der Waals surface area contributed by atoms with Crippen molar-refractivity contribution < 1.29 is 21.9 Å². The number of phenolic OH excluding ortho intramolecular Hbond substituents is 1. The summed E-state index contributed by atoms with van der Waals surface area (Å²) in [5.41, 5.74) is 2.24. The zero-order valence-electron chi connectivity index (χ0n) is 18.8. The van der Waals surface area contributed by atoms with E-state index >= 15 is 0 Å². The Kier molecular flexibility index (Phi) is 6.54. The van der Waals surface area contributed by atoms with Crippen LogP contribution in [0.2, 0.25) is 0 Å². The lowest BCUT2D eigenvalue weighted by molar-refractivity contribution is 0.457. The van der Waals surface area contributed by atoms with Crippen LogP contribution in [0.1, 0.15) is 56.2 Å². The maximum atomic E-state index is 13.3. The zero-order valence-corrected chi connectivity index (χ0v) is 20.5. The first-order valence-electron chi connectivity index (χ1n) is 10.4. The lowest BCUT2D eigenvalue weighted by Crippen LogP contribution is -2.09. The van der Waals surface area contributed by atoms with Crippen LogP contribution in [0.4, 0.5) is 0 Å². The van der Waals surface area contributed by atoms with Gasteiger partial charge in [0.2, 0.25) is 19.7 Å². The highest BCUT2D eigenvalue weighted by Gasteiger charge is 2.28. The standard InChI is InChI=1S/C25H28O5S2/c1-16(2)19-6-10-21(11-7-19)31(27,28)24-15-25(23(26)14-18(24)5)32(29,30)22-12-8-20(9-13-22)17(3)4/h6-17,26H,1-5H3. The fraction of sp³-hybridized carbons (Fsp3) is 0.280.